The zero-order valence-corrected chi connectivity index (χ0v) is 20.0. The highest BCUT2D eigenvalue weighted by molar-refractivity contribution is 8.18. The van der Waals surface area contributed by atoms with Crippen molar-refractivity contribution < 1.29 is 32.7 Å². The molecular weight excluding hydrogens is 519 g/mol. The summed E-state index contributed by atoms with van der Waals surface area (Å²) in [7, 11) is 0. The number of amides is 2. The zero-order valence-electron chi connectivity index (χ0n) is 18.4. The number of rotatable bonds is 5. The Kier molecular flexibility index (Phi) is 5.87. The van der Waals surface area contributed by atoms with Crippen molar-refractivity contribution >= 4 is 57.5 Å². The number of carboxylic acid groups (broad SMARTS) is 1. The molecule has 3 aromatic rings. The van der Waals surface area contributed by atoms with Gasteiger partial charge in [0, 0.05) is 10.4 Å². The molecule has 0 bridgehead atoms. The highest BCUT2D eigenvalue weighted by Gasteiger charge is 2.57. The van der Waals surface area contributed by atoms with E-state index in [1.807, 2.05) is 0 Å². The second-order valence-electron chi connectivity index (χ2n) is 8.63. The number of hydrogen-bond donors (Lipinski definition) is 1. The molecule has 5 rings (SSSR count). The molecule has 2 heterocycles. The summed E-state index contributed by atoms with van der Waals surface area (Å²) in [6.07, 6.45) is -0.510. The number of aliphatic carboxylic acids is 1. The van der Waals surface area contributed by atoms with E-state index in [-0.39, 0.29) is 34.9 Å². The van der Waals surface area contributed by atoms with Gasteiger partial charge < -0.3 is 5.11 Å². The number of carboxylic acids is 1. The fourth-order valence-electron chi connectivity index (χ4n) is 4.47. The Morgan fingerprint density at radius 1 is 1.19 bits per heavy atom. The topological polar surface area (TPSA) is 92.5 Å². The molecule has 1 saturated carbocycles. The van der Waals surface area contributed by atoms with Gasteiger partial charge in [-0.15, -0.1) is 0 Å². The van der Waals surface area contributed by atoms with Gasteiger partial charge in [-0.1, -0.05) is 23.7 Å². The van der Waals surface area contributed by atoms with Crippen LogP contribution in [0.3, 0.4) is 0 Å². The lowest BCUT2D eigenvalue weighted by molar-refractivity contribution is -0.159. The molecule has 2 aliphatic rings. The van der Waals surface area contributed by atoms with Crippen molar-refractivity contribution in [3.05, 3.63) is 69.2 Å². The first kappa shape index (κ1) is 24.4. The van der Waals surface area contributed by atoms with E-state index in [9.17, 15) is 32.7 Å². The standard InChI is InChI=1S/C24H17ClF3N3O4S/c25-16-4-3-14(17(10-16)24(26,27)28)12-30-18-5-2-13(8-15(18)11-29-30)9-19-20(32)31(22(35)36-19)23(21(33)34)6-1-7-23/h2-5,8-11H,1,6-7,12H2,(H,33,34)/b19-9-. The number of fused-ring (bicyclic) bond motifs is 1. The first-order valence-electron chi connectivity index (χ1n) is 10.8. The maximum absolute atomic E-state index is 13.5. The van der Waals surface area contributed by atoms with Crippen LogP contribution in [0.2, 0.25) is 5.02 Å². The van der Waals surface area contributed by atoms with Crippen molar-refractivity contribution in [3.63, 3.8) is 0 Å². The largest absolute Gasteiger partial charge is 0.479 e. The molecule has 186 valence electrons. The van der Waals surface area contributed by atoms with Gasteiger partial charge in [-0.2, -0.15) is 18.3 Å². The number of hydrogen-bond acceptors (Lipinski definition) is 5. The molecule has 2 aromatic carbocycles. The Bertz CT molecular complexity index is 1460. The van der Waals surface area contributed by atoms with Crippen molar-refractivity contribution in [2.75, 3.05) is 0 Å². The molecule has 7 nitrogen and oxygen atoms in total. The minimum atomic E-state index is -4.57. The molecular formula is C24H17ClF3N3O4S. The van der Waals surface area contributed by atoms with Crippen LogP contribution in [0.4, 0.5) is 18.0 Å². The summed E-state index contributed by atoms with van der Waals surface area (Å²) in [6.45, 7) is -0.134. The van der Waals surface area contributed by atoms with Crippen LogP contribution in [0, 0.1) is 0 Å². The SMILES string of the molecule is O=C1S/C(=C\c2ccc3c(cnn3Cc3ccc(Cl)cc3C(F)(F)F)c2)C(=O)N1C1(C(=O)O)CCC1. The molecule has 1 N–H and O–H groups in total. The van der Waals surface area contributed by atoms with Crippen molar-refractivity contribution in [2.45, 2.75) is 37.5 Å². The summed E-state index contributed by atoms with van der Waals surface area (Å²) < 4.78 is 41.8. The summed E-state index contributed by atoms with van der Waals surface area (Å²) in [5.41, 5.74) is -1.18. The Hall–Kier alpha value is -3.31. The maximum atomic E-state index is 13.5. The van der Waals surface area contributed by atoms with E-state index in [4.69, 9.17) is 11.6 Å². The first-order chi connectivity index (χ1) is 17.0. The number of imide groups is 1. The van der Waals surface area contributed by atoms with Crippen LogP contribution in [0.1, 0.15) is 36.0 Å². The van der Waals surface area contributed by atoms with Gasteiger partial charge in [-0.3, -0.25) is 19.2 Å². The van der Waals surface area contributed by atoms with Crippen molar-refractivity contribution in [3.8, 4) is 0 Å². The molecule has 0 spiro atoms. The van der Waals surface area contributed by atoms with Crippen LogP contribution >= 0.6 is 23.4 Å². The van der Waals surface area contributed by atoms with Crippen LogP contribution in [0.25, 0.3) is 17.0 Å². The van der Waals surface area contributed by atoms with Crippen LogP contribution < -0.4 is 0 Å². The number of aromatic nitrogens is 2. The summed E-state index contributed by atoms with van der Waals surface area (Å²) in [5, 5.41) is 13.8. The second-order valence-corrected chi connectivity index (χ2v) is 10.1. The molecule has 1 aromatic heterocycles. The van der Waals surface area contributed by atoms with Gasteiger partial charge in [0.05, 0.1) is 28.7 Å². The first-order valence-corrected chi connectivity index (χ1v) is 12.0. The lowest BCUT2D eigenvalue weighted by Crippen LogP contribution is -2.60. The Labute approximate surface area is 211 Å². The predicted molar refractivity (Wildman–Crippen MR) is 127 cm³/mol. The zero-order chi connectivity index (χ0) is 25.8. The average Bonchev–Trinajstić information content (AvgIpc) is 3.29. The molecule has 12 heteroatoms. The van der Waals surface area contributed by atoms with E-state index >= 15 is 0 Å². The second kappa shape index (κ2) is 8.67. The molecule has 1 aliphatic heterocycles. The van der Waals surface area contributed by atoms with Gasteiger partial charge in [0.2, 0.25) is 0 Å². The van der Waals surface area contributed by atoms with Crippen molar-refractivity contribution in [2.24, 2.45) is 0 Å². The Morgan fingerprint density at radius 2 is 1.94 bits per heavy atom. The number of halogens is 4. The number of carbonyl (C=O) groups is 3. The molecule has 36 heavy (non-hydrogen) atoms. The van der Waals surface area contributed by atoms with E-state index in [2.05, 4.69) is 5.10 Å². The third-order valence-corrected chi connectivity index (χ3v) is 7.57. The number of thioether (sulfide) groups is 1. The fourth-order valence-corrected chi connectivity index (χ4v) is 5.55. The van der Waals surface area contributed by atoms with E-state index in [1.165, 1.54) is 29.1 Å². The summed E-state index contributed by atoms with van der Waals surface area (Å²) in [4.78, 5) is 38.1. The minimum absolute atomic E-state index is 0.0120. The third-order valence-electron chi connectivity index (χ3n) is 6.46. The monoisotopic (exact) mass is 535 g/mol. The number of benzene rings is 2. The lowest BCUT2D eigenvalue weighted by atomic mass is 9.75. The third kappa shape index (κ3) is 4.05. The van der Waals surface area contributed by atoms with E-state index in [1.54, 1.807) is 18.2 Å². The molecule has 2 fully saturated rings. The van der Waals surface area contributed by atoms with Crippen molar-refractivity contribution in [1.82, 2.24) is 14.7 Å². The smallest absolute Gasteiger partial charge is 0.416 e. The van der Waals surface area contributed by atoms with Gasteiger partial charge >= 0.3 is 12.1 Å². The molecule has 1 aliphatic carbocycles. The van der Waals surface area contributed by atoms with Gasteiger partial charge in [0.1, 0.15) is 5.54 Å². The summed E-state index contributed by atoms with van der Waals surface area (Å²) in [6, 6.07) is 8.58. The molecule has 1 saturated heterocycles. The molecule has 0 radical (unpaired) electrons. The molecule has 0 atom stereocenters. The Morgan fingerprint density at radius 3 is 2.58 bits per heavy atom. The minimum Gasteiger partial charge on any atom is -0.479 e. The van der Waals surface area contributed by atoms with Crippen molar-refractivity contribution in [1.29, 1.82) is 0 Å². The van der Waals surface area contributed by atoms with Crippen LogP contribution in [-0.2, 0) is 22.3 Å². The lowest BCUT2D eigenvalue weighted by Gasteiger charge is -2.42. The molecule has 2 amide bonds. The molecule has 0 unspecified atom stereocenters. The fraction of sp³-hybridized carbons (Fsp3) is 0.250. The van der Waals surface area contributed by atoms with Gasteiger partial charge in [-0.25, -0.2) is 4.79 Å². The summed E-state index contributed by atoms with van der Waals surface area (Å²) in [5.74, 6) is -1.84. The number of alkyl halides is 3. The van der Waals surface area contributed by atoms with Gasteiger partial charge in [0.25, 0.3) is 11.1 Å². The maximum Gasteiger partial charge on any atom is 0.416 e. The number of nitrogens with zero attached hydrogens (tertiary/aromatic N) is 3. The summed E-state index contributed by atoms with van der Waals surface area (Å²) >= 11 is 6.45. The highest BCUT2D eigenvalue weighted by atomic mass is 35.5. The van der Waals surface area contributed by atoms with E-state index in [0.29, 0.717) is 34.6 Å². The highest BCUT2D eigenvalue weighted by Crippen LogP contribution is 2.45. The van der Waals surface area contributed by atoms with E-state index in [0.717, 1.165) is 11.0 Å². The van der Waals surface area contributed by atoms with Crippen LogP contribution in [0.5, 0.6) is 0 Å². The quantitative estimate of drug-likeness (QED) is 0.415. The van der Waals surface area contributed by atoms with Crippen LogP contribution in [0.15, 0.2) is 47.5 Å². The van der Waals surface area contributed by atoms with Crippen LogP contribution in [-0.4, -0.2) is 42.4 Å². The predicted octanol–water partition coefficient (Wildman–Crippen LogP) is 5.80. The number of carbonyl (C=O) groups excluding carboxylic acids is 2. The van der Waals surface area contributed by atoms with Gasteiger partial charge in [0.15, 0.2) is 0 Å². The Balaban J connectivity index is 1.43. The average molecular weight is 536 g/mol. The van der Waals surface area contributed by atoms with Gasteiger partial charge in [-0.05, 0) is 72.5 Å². The van der Waals surface area contributed by atoms with E-state index < -0.39 is 34.4 Å². The normalized spacial score (nSPS) is 18.8.